The number of alkyl halides is 6. The first kappa shape index (κ1) is 67.6. The number of halogens is 12. The molecule has 0 radical (unpaired) electrons. The quantitative estimate of drug-likeness (QED) is 0.0324. The molecule has 9 aromatic rings. The third-order valence-electron chi connectivity index (χ3n) is 12.9. The topological polar surface area (TPSA) is 349 Å². The van der Waals surface area contributed by atoms with Crippen LogP contribution in [0.15, 0.2) is 161 Å². The molecule has 3 amide bonds. The van der Waals surface area contributed by atoms with E-state index in [-0.39, 0.29) is 25.6 Å². The van der Waals surface area contributed by atoms with Crippen LogP contribution in [0.4, 0.5) is 52.7 Å². The lowest BCUT2D eigenvalue weighted by Gasteiger charge is -2.14. The van der Waals surface area contributed by atoms with Gasteiger partial charge in [0.05, 0.1) is 95.1 Å². The standard InChI is InChI=1S/3C21H16F4N6O2/c3*22-14-4-3-7-27-16(14)11-29-19(32)9-17-13(10-26)8-15(23)20(31(17)33)30-12-21(24,25)18-5-1-2-6-28-18/h3*1-8,33H,9,11-12H2,(H,29,32)/i11D2;2*11D/t;2*11-/m.10/s1. The summed E-state index contributed by atoms with van der Waals surface area (Å²) in [5, 5.41) is 65.0. The zero-order valence-electron chi connectivity index (χ0n) is 54.1. The number of nitrogens with zero attached hydrogens (tertiary/aromatic N) is 15. The van der Waals surface area contributed by atoms with Crippen LogP contribution in [0.25, 0.3) is 0 Å². The van der Waals surface area contributed by atoms with Gasteiger partial charge in [-0.25, -0.2) is 26.3 Å². The van der Waals surface area contributed by atoms with Crippen LogP contribution in [0.2, 0.25) is 0 Å². The van der Waals surface area contributed by atoms with E-state index in [1.807, 2.05) is 5.32 Å². The van der Waals surface area contributed by atoms with E-state index in [4.69, 9.17) is 5.48 Å². The number of hydrogen-bond acceptors (Lipinski definition) is 18. The summed E-state index contributed by atoms with van der Waals surface area (Å²) < 4.78 is 202. The Kier molecular flexibility index (Phi) is 22.9. The summed E-state index contributed by atoms with van der Waals surface area (Å²) in [6.45, 7) is -9.91. The van der Waals surface area contributed by atoms with Crippen LogP contribution in [0.3, 0.4) is 0 Å². The van der Waals surface area contributed by atoms with Gasteiger partial charge >= 0.3 is 17.8 Å². The van der Waals surface area contributed by atoms with E-state index in [2.05, 4.69) is 55.5 Å². The van der Waals surface area contributed by atoms with Crippen LogP contribution >= 0.6 is 0 Å². The molecule has 99 heavy (non-hydrogen) atoms. The maximum absolute atomic E-state index is 14.4. The number of pyridine rings is 9. The minimum absolute atomic E-state index is 0.0161. The monoisotopic (exact) mass is 1380 g/mol. The Hall–Kier alpha value is -12.8. The van der Waals surface area contributed by atoms with E-state index in [9.17, 15) is 98.5 Å². The van der Waals surface area contributed by atoms with Gasteiger partial charge in [0.25, 0.3) is 0 Å². The molecule has 6 N–H and O–H groups in total. The van der Waals surface area contributed by atoms with Gasteiger partial charge in [-0.3, -0.25) is 59.3 Å². The molecule has 2 atom stereocenters. The summed E-state index contributed by atoms with van der Waals surface area (Å²) >= 11 is 0. The lowest BCUT2D eigenvalue weighted by Crippen LogP contribution is -2.33. The van der Waals surface area contributed by atoms with Gasteiger partial charge in [-0.15, -0.1) is 0 Å². The molecule has 0 saturated carbocycles. The van der Waals surface area contributed by atoms with Crippen LogP contribution in [0.5, 0.6) is 0 Å². The fourth-order valence-corrected chi connectivity index (χ4v) is 8.10. The smallest absolute Gasteiger partial charge is 0.308 e. The van der Waals surface area contributed by atoms with Gasteiger partial charge in [-0.1, -0.05) is 18.2 Å². The van der Waals surface area contributed by atoms with E-state index in [1.165, 1.54) is 67.0 Å². The molecular weight excluding hydrogens is 1330 g/mol. The van der Waals surface area contributed by atoms with Crippen LogP contribution in [0, 0.1) is 68.9 Å². The molecule has 0 aliphatic heterocycles. The molecule has 0 unspecified atom stereocenters. The predicted octanol–water partition coefficient (Wildman–Crippen LogP) is 6.65. The Bertz CT molecular complexity index is 4750. The van der Waals surface area contributed by atoms with Gasteiger partial charge in [0.15, 0.2) is 33.9 Å². The summed E-state index contributed by atoms with van der Waals surface area (Å²) in [4.78, 5) is 68.9. The van der Waals surface area contributed by atoms with Gasteiger partial charge in [-0.2, -0.15) is 56.3 Å². The van der Waals surface area contributed by atoms with Crippen molar-refractivity contribution in [2.24, 2.45) is 15.0 Å². The van der Waals surface area contributed by atoms with Gasteiger partial charge in [0.1, 0.15) is 72.4 Å². The summed E-state index contributed by atoms with van der Waals surface area (Å²) in [6.07, 6.45) is 4.50. The summed E-state index contributed by atoms with van der Waals surface area (Å²) in [5.74, 6) is -20.5. The van der Waals surface area contributed by atoms with Crippen molar-refractivity contribution in [3.05, 3.63) is 266 Å². The number of hydrogen-bond donors (Lipinski definition) is 6. The molecular formula is C63H48F12N18O6. The first-order valence-corrected chi connectivity index (χ1v) is 27.8. The summed E-state index contributed by atoms with van der Waals surface area (Å²) in [6, 6.07) is 24.8. The highest BCUT2D eigenvalue weighted by Gasteiger charge is 2.35. The zero-order chi connectivity index (χ0) is 75.6. The molecule has 0 fully saturated rings. The molecule has 0 spiro atoms. The molecule has 9 heterocycles. The molecule has 36 heteroatoms. The first-order chi connectivity index (χ1) is 48.7. The third kappa shape index (κ3) is 19.7. The van der Waals surface area contributed by atoms with Crippen molar-refractivity contribution in [1.82, 2.24) is 60.0 Å². The highest BCUT2D eigenvalue weighted by molar-refractivity contribution is 5.80. The van der Waals surface area contributed by atoms with Crippen LogP contribution in [-0.2, 0) is 71.0 Å². The fraction of sp³-hybridized carbons (Fsp3) is 0.190. The summed E-state index contributed by atoms with van der Waals surface area (Å²) in [7, 11) is 0. The van der Waals surface area contributed by atoms with Crippen molar-refractivity contribution in [2.45, 2.75) is 56.6 Å². The second-order valence-corrected chi connectivity index (χ2v) is 19.7. The van der Waals surface area contributed by atoms with E-state index >= 15 is 0 Å². The third-order valence-corrected chi connectivity index (χ3v) is 12.9. The number of carbonyl (C=O) groups is 3. The molecule has 24 nitrogen and oxygen atoms in total. The van der Waals surface area contributed by atoms with Crippen molar-refractivity contribution in [3.63, 3.8) is 0 Å². The second-order valence-electron chi connectivity index (χ2n) is 19.7. The molecule has 0 bridgehead atoms. The zero-order valence-corrected chi connectivity index (χ0v) is 50.1. The van der Waals surface area contributed by atoms with Crippen LogP contribution in [-0.4, -0.2) is 97.1 Å². The molecule has 9 aromatic heterocycles. The van der Waals surface area contributed by atoms with Gasteiger partial charge < -0.3 is 31.6 Å². The maximum atomic E-state index is 14.4. The van der Waals surface area contributed by atoms with E-state index in [0.29, 0.717) is 18.2 Å². The SMILES string of the molecule is [2H]C([2H])(NC(=O)Cc1c(C#N)cc(F)c(=NCC(F)(F)c2ccccn2)n1O)c1ncccc1F.[2H][C@@H](NC(=O)Cc1c(C#N)cc(F)c(=NCC(F)(F)c2ccccn2)n1O)c1ncccc1F.[2H][C@H](NC(=O)Cc1c(C#N)cc(F)c(=NCC(F)(F)c2ccccn2)n1O)c1ncccc1F. The highest BCUT2D eigenvalue weighted by Crippen LogP contribution is 2.28. The minimum atomic E-state index is -3.63. The largest absolute Gasteiger partial charge is 0.427 e. The number of amides is 3. The maximum Gasteiger partial charge on any atom is 0.308 e. The van der Waals surface area contributed by atoms with Crippen molar-refractivity contribution in [2.75, 3.05) is 19.6 Å². The van der Waals surface area contributed by atoms with Crippen LogP contribution in [0.1, 0.15) is 73.4 Å². The number of carbonyl (C=O) groups excluding carboxylic acids is 3. The van der Waals surface area contributed by atoms with Gasteiger partial charge in [0.2, 0.25) is 17.7 Å². The number of aromatic nitrogens is 9. The average molecular weight is 1390 g/mol. The number of nitriles is 3. The predicted molar refractivity (Wildman–Crippen MR) is 314 cm³/mol. The Balaban J connectivity index is 0.000000216. The molecule has 9 rings (SSSR count). The second kappa shape index (κ2) is 33.5. The Labute approximate surface area is 555 Å². The molecule has 0 saturated heterocycles. The van der Waals surface area contributed by atoms with E-state index < -0.39 is 202 Å². The lowest BCUT2D eigenvalue weighted by atomic mass is 10.1. The minimum Gasteiger partial charge on any atom is -0.427 e. The molecule has 0 aliphatic carbocycles. The van der Waals surface area contributed by atoms with E-state index in [0.717, 1.165) is 61.2 Å². The highest BCUT2D eigenvalue weighted by atomic mass is 19.3. The molecule has 0 aliphatic rings. The van der Waals surface area contributed by atoms with Crippen molar-refractivity contribution < 1.29 is 88.2 Å². The number of nitrogens with one attached hydrogen (secondary N) is 3. The normalized spacial score (nSPS) is 13.2. The Morgan fingerprint density at radius 3 is 0.980 bits per heavy atom. The lowest BCUT2D eigenvalue weighted by molar-refractivity contribution is -0.121. The van der Waals surface area contributed by atoms with Crippen molar-refractivity contribution >= 4 is 17.7 Å². The Morgan fingerprint density at radius 2 is 0.707 bits per heavy atom. The molecule has 510 valence electrons. The van der Waals surface area contributed by atoms with E-state index in [1.54, 1.807) is 18.2 Å². The van der Waals surface area contributed by atoms with Gasteiger partial charge in [0, 0.05) is 37.2 Å². The fourth-order valence-electron chi connectivity index (χ4n) is 8.10. The van der Waals surface area contributed by atoms with Crippen LogP contribution < -0.4 is 32.4 Å². The Morgan fingerprint density at radius 1 is 0.424 bits per heavy atom. The van der Waals surface area contributed by atoms with Crippen molar-refractivity contribution in [3.8, 4) is 18.2 Å². The number of rotatable bonds is 21. The molecule has 0 aromatic carbocycles. The van der Waals surface area contributed by atoms with Crippen molar-refractivity contribution in [1.29, 1.82) is 15.8 Å². The first-order valence-electron chi connectivity index (χ1n) is 30.0. The summed E-state index contributed by atoms with van der Waals surface area (Å²) in [5.41, 5.74) is -9.28. The average Bonchev–Trinajstić information content (AvgIpc) is 0.809. The van der Waals surface area contributed by atoms with Gasteiger partial charge in [-0.05, 0) is 91.0 Å².